The summed E-state index contributed by atoms with van der Waals surface area (Å²) < 4.78 is 0. The molecule has 2 unspecified atom stereocenters. The highest BCUT2D eigenvalue weighted by atomic mass is 16.2. The Bertz CT molecular complexity index is 285. The Hall–Kier alpha value is -0.610. The molecule has 1 saturated heterocycles. The number of rotatable bonds is 4. The molecule has 1 aliphatic rings. The van der Waals surface area contributed by atoms with Gasteiger partial charge in [-0.2, -0.15) is 0 Å². The minimum absolute atomic E-state index is 0.0606. The van der Waals surface area contributed by atoms with Crippen molar-refractivity contribution in [2.75, 3.05) is 26.7 Å². The Morgan fingerprint density at radius 3 is 2.61 bits per heavy atom. The Kier molecular flexibility index (Phi) is 5.17. The molecule has 1 heterocycles. The zero-order valence-corrected chi connectivity index (χ0v) is 12.6. The van der Waals surface area contributed by atoms with Crippen LogP contribution in [-0.2, 0) is 4.79 Å². The van der Waals surface area contributed by atoms with Gasteiger partial charge in [0.05, 0.1) is 6.04 Å². The molecule has 0 radical (unpaired) electrons. The van der Waals surface area contributed by atoms with Gasteiger partial charge in [-0.1, -0.05) is 27.7 Å². The van der Waals surface area contributed by atoms with Crippen molar-refractivity contribution < 1.29 is 4.79 Å². The summed E-state index contributed by atoms with van der Waals surface area (Å²) in [5.41, 5.74) is 5.86. The second kappa shape index (κ2) is 6.02. The van der Waals surface area contributed by atoms with E-state index in [4.69, 9.17) is 5.73 Å². The number of hydrogen-bond donors (Lipinski definition) is 1. The molecular weight excluding hydrogens is 226 g/mol. The average molecular weight is 255 g/mol. The lowest BCUT2D eigenvalue weighted by Gasteiger charge is -2.33. The predicted octanol–water partition coefficient (Wildman–Crippen LogP) is 1.30. The van der Waals surface area contributed by atoms with Crippen LogP contribution in [0, 0.1) is 5.41 Å². The summed E-state index contributed by atoms with van der Waals surface area (Å²) in [6.45, 7) is 11.2. The number of carbonyl (C=O) groups excluding carboxylic acids is 1. The van der Waals surface area contributed by atoms with Gasteiger partial charge in [0.25, 0.3) is 0 Å². The first-order chi connectivity index (χ1) is 8.27. The number of likely N-dealkylation sites (tertiary alicyclic amines) is 1. The summed E-state index contributed by atoms with van der Waals surface area (Å²) in [5, 5.41) is 0. The van der Waals surface area contributed by atoms with Crippen LogP contribution >= 0.6 is 0 Å². The molecule has 2 N–H and O–H groups in total. The predicted molar refractivity (Wildman–Crippen MR) is 75.3 cm³/mol. The molecule has 18 heavy (non-hydrogen) atoms. The molecule has 4 heteroatoms. The van der Waals surface area contributed by atoms with Crippen LogP contribution in [0.5, 0.6) is 0 Å². The van der Waals surface area contributed by atoms with Crippen molar-refractivity contribution in [1.29, 1.82) is 0 Å². The molecule has 4 nitrogen and oxygen atoms in total. The van der Waals surface area contributed by atoms with Gasteiger partial charge in [0.15, 0.2) is 0 Å². The summed E-state index contributed by atoms with van der Waals surface area (Å²) in [5.74, 6) is 0.0606. The monoisotopic (exact) mass is 255 g/mol. The van der Waals surface area contributed by atoms with E-state index >= 15 is 0 Å². The zero-order chi connectivity index (χ0) is 13.9. The van der Waals surface area contributed by atoms with Gasteiger partial charge in [0.1, 0.15) is 0 Å². The third-order valence-electron chi connectivity index (χ3n) is 3.97. The molecule has 0 aromatic heterocycles. The lowest BCUT2D eigenvalue weighted by Crippen LogP contribution is -2.51. The summed E-state index contributed by atoms with van der Waals surface area (Å²) in [6, 6.07) is 0.0927. The zero-order valence-electron chi connectivity index (χ0n) is 12.6. The van der Waals surface area contributed by atoms with E-state index in [0.29, 0.717) is 6.04 Å². The van der Waals surface area contributed by atoms with Crippen LogP contribution in [0.4, 0.5) is 0 Å². The van der Waals surface area contributed by atoms with Gasteiger partial charge >= 0.3 is 0 Å². The Morgan fingerprint density at radius 2 is 2.11 bits per heavy atom. The van der Waals surface area contributed by atoms with E-state index in [2.05, 4.69) is 11.8 Å². The first-order valence-corrected chi connectivity index (χ1v) is 7.02. The summed E-state index contributed by atoms with van der Waals surface area (Å²) in [4.78, 5) is 16.5. The normalized spacial score (nSPS) is 23.1. The molecule has 0 saturated carbocycles. The number of likely N-dealkylation sites (N-methyl/N-ethyl adjacent to an activating group) is 2. The van der Waals surface area contributed by atoms with Gasteiger partial charge < -0.3 is 10.6 Å². The van der Waals surface area contributed by atoms with Gasteiger partial charge in [0.2, 0.25) is 5.91 Å². The minimum Gasteiger partial charge on any atom is -0.343 e. The van der Waals surface area contributed by atoms with Crippen LogP contribution in [0.25, 0.3) is 0 Å². The van der Waals surface area contributed by atoms with Crippen LogP contribution < -0.4 is 5.73 Å². The van der Waals surface area contributed by atoms with Gasteiger partial charge in [-0.25, -0.2) is 0 Å². The molecule has 1 aliphatic heterocycles. The van der Waals surface area contributed by atoms with Crippen molar-refractivity contribution in [3.05, 3.63) is 0 Å². The summed E-state index contributed by atoms with van der Waals surface area (Å²) in [6.07, 6.45) is 2.43. The van der Waals surface area contributed by atoms with Crippen molar-refractivity contribution in [3.8, 4) is 0 Å². The highest BCUT2D eigenvalue weighted by molar-refractivity contribution is 5.82. The highest BCUT2D eigenvalue weighted by Crippen LogP contribution is 2.21. The molecule has 2 atom stereocenters. The maximum atomic E-state index is 12.3. The number of hydrogen-bond acceptors (Lipinski definition) is 3. The van der Waals surface area contributed by atoms with Crippen LogP contribution in [0.3, 0.4) is 0 Å². The first kappa shape index (κ1) is 15.4. The van der Waals surface area contributed by atoms with E-state index in [-0.39, 0.29) is 11.3 Å². The van der Waals surface area contributed by atoms with Gasteiger partial charge in [0, 0.05) is 19.6 Å². The SMILES string of the molecule is CCN1CCCC1CN(C)C(=O)C(N)C(C)(C)C. The minimum atomic E-state index is -0.418. The molecule has 0 aromatic rings. The average Bonchev–Trinajstić information content (AvgIpc) is 2.72. The number of nitrogens with zero attached hydrogens (tertiary/aromatic N) is 2. The van der Waals surface area contributed by atoms with Crippen LogP contribution in [-0.4, -0.2) is 54.5 Å². The first-order valence-electron chi connectivity index (χ1n) is 7.02. The molecule has 0 aromatic carbocycles. The van der Waals surface area contributed by atoms with E-state index in [1.165, 1.54) is 12.8 Å². The third kappa shape index (κ3) is 3.69. The van der Waals surface area contributed by atoms with Crippen LogP contribution in [0.1, 0.15) is 40.5 Å². The molecular formula is C14H29N3O. The third-order valence-corrected chi connectivity index (χ3v) is 3.97. The van der Waals surface area contributed by atoms with E-state index < -0.39 is 6.04 Å². The molecule has 0 bridgehead atoms. The summed E-state index contributed by atoms with van der Waals surface area (Å²) in [7, 11) is 1.88. The quantitative estimate of drug-likeness (QED) is 0.824. The maximum absolute atomic E-state index is 12.3. The van der Waals surface area contributed by atoms with Crippen LogP contribution in [0.2, 0.25) is 0 Å². The molecule has 106 valence electrons. The van der Waals surface area contributed by atoms with E-state index in [9.17, 15) is 4.79 Å². The highest BCUT2D eigenvalue weighted by Gasteiger charge is 2.32. The van der Waals surface area contributed by atoms with Gasteiger partial charge in [-0.05, 0) is 31.3 Å². The topological polar surface area (TPSA) is 49.6 Å². The van der Waals surface area contributed by atoms with Crippen molar-refractivity contribution >= 4 is 5.91 Å². The Balaban J connectivity index is 2.54. The second-order valence-electron chi connectivity index (χ2n) is 6.49. The van der Waals surface area contributed by atoms with E-state index in [1.54, 1.807) is 0 Å². The number of carbonyl (C=O) groups is 1. The van der Waals surface area contributed by atoms with E-state index in [1.807, 2.05) is 32.7 Å². The van der Waals surface area contributed by atoms with Crippen LogP contribution in [0.15, 0.2) is 0 Å². The molecule has 0 aliphatic carbocycles. The largest absolute Gasteiger partial charge is 0.343 e. The lowest BCUT2D eigenvalue weighted by atomic mass is 9.86. The molecule has 1 fully saturated rings. The van der Waals surface area contributed by atoms with Crippen molar-refractivity contribution in [3.63, 3.8) is 0 Å². The fourth-order valence-corrected chi connectivity index (χ4v) is 2.53. The van der Waals surface area contributed by atoms with Crippen molar-refractivity contribution in [1.82, 2.24) is 9.80 Å². The van der Waals surface area contributed by atoms with Crippen molar-refractivity contribution in [2.45, 2.75) is 52.6 Å². The second-order valence-corrected chi connectivity index (χ2v) is 6.49. The van der Waals surface area contributed by atoms with Gasteiger partial charge in [-0.15, -0.1) is 0 Å². The van der Waals surface area contributed by atoms with E-state index in [0.717, 1.165) is 19.6 Å². The summed E-state index contributed by atoms with van der Waals surface area (Å²) >= 11 is 0. The lowest BCUT2D eigenvalue weighted by molar-refractivity contribution is -0.134. The Morgan fingerprint density at radius 1 is 1.50 bits per heavy atom. The smallest absolute Gasteiger partial charge is 0.239 e. The van der Waals surface area contributed by atoms with Crippen molar-refractivity contribution in [2.24, 2.45) is 11.1 Å². The number of amides is 1. The Labute approximate surface area is 111 Å². The molecule has 1 rings (SSSR count). The standard InChI is InChI=1S/C14H29N3O/c1-6-17-9-7-8-11(17)10-16(5)13(18)12(15)14(2,3)4/h11-12H,6-10,15H2,1-5H3. The number of nitrogens with two attached hydrogens (primary N) is 1. The maximum Gasteiger partial charge on any atom is 0.239 e. The molecule has 0 spiro atoms. The van der Waals surface area contributed by atoms with Gasteiger partial charge in [-0.3, -0.25) is 9.69 Å². The fourth-order valence-electron chi connectivity index (χ4n) is 2.53. The fraction of sp³-hybridized carbons (Fsp3) is 0.929. The molecule has 1 amide bonds.